The highest BCUT2D eigenvalue weighted by atomic mass is 14.9. The Morgan fingerprint density at radius 3 is 2.76 bits per heavy atom. The molecule has 0 saturated heterocycles. The van der Waals surface area contributed by atoms with Gasteiger partial charge in [0.05, 0.1) is 11.9 Å². The van der Waals surface area contributed by atoms with Gasteiger partial charge in [-0.25, -0.2) is 0 Å². The van der Waals surface area contributed by atoms with E-state index in [-0.39, 0.29) is 0 Å². The summed E-state index contributed by atoms with van der Waals surface area (Å²) >= 11 is 0. The number of pyridine rings is 1. The molecule has 1 aromatic heterocycles. The lowest BCUT2D eigenvalue weighted by Crippen LogP contribution is -2.19. The van der Waals surface area contributed by atoms with E-state index in [1.54, 1.807) is 0 Å². The number of anilines is 1. The van der Waals surface area contributed by atoms with Gasteiger partial charge < -0.3 is 5.32 Å². The average molecular weight is 232 g/mol. The van der Waals surface area contributed by atoms with Gasteiger partial charge in [0.15, 0.2) is 0 Å². The van der Waals surface area contributed by atoms with Crippen LogP contribution in [0.4, 0.5) is 5.69 Å². The van der Waals surface area contributed by atoms with Crippen LogP contribution in [-0.4, -0.2) is 11.0 Å². The van der Waals surface area contributed by atoms with Crippen LogP contribution < -0.4 is 5.32 Å². The summed E-state index contributed by atoms with van der Waals surface area (Å²) in [5.74, 6) is 0. The Labute approximate surface area is 105 Å². The van der Waals surface area contributed by atoms with Crippen LogP contribution in [0.3, 0.4) is 0 Å². The standard InChI is InChI=1S/C15H24N2/c1-12-6-7-14(11-16-12)17-13-5-4-9-15(2,3)10-8-13/h6-7,11,13,17H,4-5,8-10H2,1-3H3. The maximum atomic E-state index is 4.33. The quantitative estimate of drug-likeness (QED) is 0.774. The average Bonchev–Trinajstić information content (AvgIpc) is 2.44. The van der Waals surface area contributed by atoms with Gasteiger partial charge in [-0.15, -0.1) is 0 Å². The van der Waals surface area contributed by atoms with Crippen molar-refractivity contribution in [2.45, 2.75) is 58.9 Å². The maximum absolute atomic E-state index is 4.33. The highest BCUT2D eigenvalue weighted by Crippen LogP contribution is 2.34. The molecule has 94 valence electrons. The number of aryl methyl sites for hydroxylation is 1. The van der Waals surface area contributed by atoms with Gasteiger partial charge in [0.2, 0.25) is 0 Å². The van der Waals surface area contributed by atoms with E-state index in [2.05, 4.69) is 36.3 Å². The fraction of sp³-hybridized carbons (Fsp3) is 0.667. The summed E-state index contributed by atoms with van der Waals surface area (Å²) in [7, 11) is 0. The zero-order valence-corrected chi connectivity index (χ0v) is 11.3. The van der Waals surface area contributed by atoms with E-state index < -0.39 is 0 Å². The molecule has 2 rings (SSSR count). The Balaban J connectivity index is 1.93. The van der Waals surface area contributed by atoms with Gasteiger partial charge in [-0.1, -0.05) is 20.3 Å². The van der Waals surface area contributed by atoms with Crippen molar-refractivity contribution in [1.29, 1.82) is 0 Å². The molecule has 0 aliphatic heterocycles. The first-order valence-corrected chi connectivity index (χ1v) is 6.74. The Hall–Kier alpha value is -1.05. The van der Waals surface area contributed by atoms with Crippen LogP contribution in [0.25, 0.3) is 0 Å². The third-order valence-electron chi connectivity index (χ3n) is 3.86. The monoisotopic (exact) mass is 232 g/mol. The SMILES string of the molecule is Cc1ccc(NC2CCCC(C)(C)CC2)cn1. The molecule has 1 atom stereocenters. The normalized spacial score (nSPS) is 24.1. The van der Waals surface area contributed by atoms with Crippen molar-refractivity contribution in [3.63, 3.8) is 0 Å². The van der Waals surface area contributed by atoms with Crippen LogP contribution in [-0.2, 0) is 0 Å². The molecule has 0 radical (unpaired) electrons. The highest BCUT2D eigenvalue weighted by Gasteiger charge is 2.24. The first-order chi connectivity index (χ1) is 8.05. The van der Waals surface area contributed by atoms with Crippen LogP contribution in [0, 0.1) is 12.3 Å². The molecule has 1 unspecified atom stereocenters. The van der Waals surface area contributed by atoms with E-state index >= 15 is 0 Å². The number of aromatic nitrogens is 1. The van der Waals surface area contributed by atoms with Crippen molar-refractivity contribution in [1.82, 2.24) is 4.98 Å². The number of nitrogens with one attached hydrogen (secondary N) is 1. The summed E-state index contributed by atoms with van der Waals surface area (Å²) in [4.78, 5) is 4.33. The van der Waals surface area contributed by atoms with Crippen molar-refractivity contribution in [3.05, 3.63) is 24.0 Å². The van der Waals surface area contributed by atoms with Crippen molar-refractivity contribution in [2.24, 2.45) is 5.41 Å². The molecule has 2 nitrogen and oxygen atoms in total. The summed E-state index contributed by atoms with van der Waals surface area (Å²) < 4.78 is 0. The van der Waals surface area contributed by atoms with E-state index in [1.807, 2.05) is 13.1 Å². The van der Waals surface area contributed by atoms with Crippen LogP contribution in [0.1, 0.15) is 51.6 Å². The lowest BCUT2D eigenvalue weighted by atomic mass is 9.85. The molecule has 17 heavy (non-hydrogen) atoms. The molecular weight excluding hydrogens is 208 g/mol. The molecule has 1 aliphatic rings. The van der Waals surface area contributed by atoms with E-state index in [1.165, 1.54) is 37.8 Å². The molecular formula is C15H24N2. The highest BCUT2D eigenvalue weighted by molar-refractivity contribution is 5.41. The summed E-state index contributed by atoms with van der Waals surface area (Å²) in [6, 6.07) is 4.84. The predicted octanol–water partition coefficient (Wildman–Crippen LogP) is 4.16. The van der Waals surface area contributed by atoms with Gasteiger partial charge >= 0.3 is 0 Å². The van der Waals surface area contributed by atoms with Gasteiger partial charge in [0.25, 0.3) is 0 Å². The molecule has 1 saturated carbocycles. The first-order valence-electron chi connectivity index (χ1n) is 6.74. The molecule has 1 aliphatic carbocycles. The second-order valence-electron chi connectivity index (χ2n) is 6.12. The molecule has 2 heteroatoms. The Morgan fingerprint density at radius 1 is 1.24 bits per heavy atom. The molecule has 1 fully saturated rings. The lowest BCUT2D eigenvalue weighted by molar-refractivity contribution is 0.313. The Bertz CT molecular complexity index is 354. The molecule has 0 amide bonds. The minimum atomic E-state index is 0.530. The predicted molar refractivity (Wildman–Crippen MR) is 73.3 cm³/mol. The van der Waals surface area contributed by atoms with E-state index in [0.717, 1.165) is 5.69 Å². The maximum Gasteiger partial charge on any atom is 0.0529 e. The first kappa shape index (κ1) is 12.4. The van der Waals surface area contributed by atoms with Crippen LogP contribution in [0.2, 0.25) is 0 Å². The molecule has 1 aromatic rings. The Morgan fingerprint density at radius 2 is 2.06 bits per heavy atom. The van der Waals surface area contributed by atoms with Gasteiger partial charge in [0.1, 0.15) is 0 Å². The van der Waals surface area contributed by atoms with Gasteiger partial charge in [-0.2, -0.15) is 0 Å². The molecule has 1 N–H and O–H groups in total. The fourth-order valence-corrected chi connectivity index (χ4v) is 2.59. The third kappa shape index (κ3) is 3.72. The smallest absolute Gasteiger partial charge is 0.0529 e. The topological polar surface area (TPSA) is 24.9 Å². The van der Waals surface area contributed by atoms with E-state index in [0.29, 0.717) is 11.5 Å². The van der Waals surface area contributed by atoms with Gasteiger partial charge in [0, 0.05) is 11.7 Å². The second kappa shape index (κ2) is 5.07. The van der Waals surface area contributed by atoms with Crippen molar-refractivity contribution < 1.29 is 0 Å². The third-order valence-corrected chi connectivity index (χ3v) is 3.86. The zero-order chi connectivity index (χ0) is 12.3. The molecule has 1 heterocycles. The number of rotatable bonds is 2. The molecule has 0 aromatic carbocycles. The number of hydrogen-bond acceptors (Lipinski definition) is 2. The van der Waals surface area contributed by atoms with Crippen LogP contribution in [0.15, 0.2) is 18.3 Å². The summed E-state index contributed by atoms with van der Waals surface area (Å²) in [6.45, 7) is 6.81. The van der Waals surface area contributed by atoms with Crippen LogP contribution in [0.5, 0.6) is 0 Å². The minimum absolute atomic E-state index is 0.530. The van der Waals surface area contributed by atoms with Crippen molar-refractivity contribution >= 4 is 5.69 Å². The van der Waals surface area contributed by atoms with Crippen molar-refractivity contribution in [2.75, 3.05) is 5.32 Å². The zero-order valence-electron chi connectivity index (χ0n) is 11.3. The Kier molecular flexibility index (Phi) is 3.70. The van der Waals surface area contributed by atoms with Crippen LogP contribution >= 0.6 is 0 Å². The molecule has 0 bridgehead atoms. The van der Waals surface area contributed by atoms with Gasteiger partial charge in [-0.05, 0) is 50.2 Å². The number of hydrogen-bond donors (Lipinski definition) is 1. The summed E-state index contributed by atoms with van der Waals surface area (Å²) in [5.41, 5.74) is 2.78. The van der Waals surface area contributed by atoms with E-state index in [4.69, 9.17) is 0 Å². The van der Waals surface area contributed by atoms with Gasteiger partial charge in [-0.3, -0.25) is 4.98 Å². The molecule has 0 spiro atoms. The lowest BCUT2D eigenvalue weighted by Gasteiger charge is -2.22. The fourth-order valence-electron chi connectivity index (χ4n) is 2.59. The van der Waals surface area contributed by atoms with Crippen molar-refractivity contribution in [3.8, 4) is 0 Å². The number of nitrogens with zero attached hydrogens (tertiary/aromatic N) is 1. The summed E-state index contributed by atoms with van der Waals surface area (Å²) in [6.07, 6.45) is 8.54. The van der Waals surface area contributed by atoms with E-state index in [9.17, 15) is 0 Å². The largest absolute Gasteiger partial charge is 0.381 e. The second-order valence-corrected chi connectivity index (χ2v) is 6.12. The summed E-state index contributed by atoms with van der Waals surface area (Å²) in [5, 5.41) is 3.62. The minimum Gasteiger partial charge on any atom is -0.381 e.